The van der Waals surface area contributed by atoms with Crippen molar-refractivity contribution in [1.29, 1.82) is 5.26 Å². The van der Waals surface area contributed by atoms with Crippen molar-refractivity contribution in [3.63, 3.8) is 0 Å². The second kappa shape index (κ2) is 3.64. The first-order chi connectivity index (χ1) is 8.70. The first-order valence-corrected chi connectivity index (χ1v) is 5.61. The third-order valence-electron chi connectivity index (χ3n) is 3.20. The van der Waals surface area contributed by atoms with Crippen LogP contribution in [-0.2, 0) is 0 Å². The second-order valence-electron chi connectivity index (χ2n) is 4.28. The molecule has 86 valence electrons. The zero-order valence-corrected chi connectivity index (χ0v) is 9.64. The van der Waals surface area contributed by atoms with Crippen LogP contribution in [0.4, 0.5) is 11.4 Å². The van der Waals surface area contributed by atoms with Crippen LogP contribution in [0.25, 0.3) is 22.3 Å². The van der Waals surface area contributed by atoms with Gasteiger partial charge in [-0.05, 0) is 23.8 Å². The molecule has 0 amide bonds. The Kier molecular flexibility index (Phi) is 2.11. The van der Waals surface area contributed by atoms with E-state index < -0.39 is 0 Å². The van der Waals surface area contributed by atoms with Gasteiger partial charge in [0.15, 0.2) is 0 Å². The summed E-state index contributed by atoms with van der Waals surface area (Å²) in [6.07, 6.45) is 0. The van der Waals surface area contributed by atoms with Crippen molar-refractivity contribution in [3.05, 3.63) is 48.0 Å². The van der Waals surface area contributed by atoms with Crippen LogP contribution < -0.4 is 11.5 Å². The van der Waals surface area contributed by atoms with Gasteiger partial charge in [0.25, 0.3) is 0 Å². The van der Waals surface area contributed by atoms with Crippen molar-refractivity contribution in [2.45, 2.75) is 0 Å². The largest absolute Gasteiger partial charge is 0.398 e. The molecule has 0 saturated carbocycles. The Labute approximate surface area is 105 Å². The molecule has 18 heavy (non-hydrogen) atoms. The molecule has 0 unspecified atom stereocenters. The third-order valence-corrected chi connectivity index (χ3v) is 3.20. The average molecular weight is 233 g/mol. The van der Waals surface area contributed by atoms with Crippen LogP contribution in [0.2, 0.25) is 0 Å². The van der Waals surface area contributed by atoms with Crippen LogP contribution in [0.15, 0.2) is 42.5 Å². The van der Waals surface area contributed by atoms with Gasteiger partial charge < -0.3 is 11.5 Å². The number of nitriles is 1. The summed E-state index contributed by atoms with van der Waals surface area (Å²) in [5, 5.41) is 8.97. The molecule has 3 aliphatic carbocycles. The molecule has 0 bridgehead atoms. The molecule has 0 aromatic heterocycles. The monoisotopic (exact) mass is 233 g/mol. The lowest BCUT2D eigenvalue weighted by atomic mass is 10.0. The molecule has 0 radical (unpaired) electrons. The minimum atomic E-state index is 0.612. The van der Waals surface area contributed by atoms with E-state index in [4.69, 9.17) is 16.7 Å². The predicted molar refractivity (Wildman–Crippen MR) is 73.2 cm³/mol. The van der Waals surface area contributed by atoms with Gasteiger partial charge >= 0.3 is 0 Å². The summed E-state index contributed by atoms with van der Waals surface area (Å²) >= 11 is 0. The third kappa shape index (κ3) is 1.36. The zero-order valence-electron chi connectivity index (χ0n) is 9.64. The maximum absolute atomic E-state index is 8.97. The molecule has 3 aliphatic rings. The van der Waals surface area contributed by atoms with Crippen LogP contribution >= 0.6 is 0 Å². The SMILES string of the molecule is N#Cc1cc2ccc(N)c3cccc-3c(N)c-2c1. The summed E-state index contributed by atoms with van der Waals surface area (Å²) in [6, 6.07) is 15.3. The number of hydrogen-bond donors (Lipinski definition) is 2. The molecule has 0 saturated heterocycles. The summed E-state index contributed by atoms with van der Waals surface area (Å²) in [5.74, 6) is 0. The first kappa shape index (κ1) is 10.4. The molecule has 0 atom stereocenters. The Morgan fingerprint density at radius 2 is 1.67 bits per heavy atom. The van der Waals surface area contributed by atoms with E-state index in [1.54, 1.807) is 0 Å². The molecule has 0 aromatic carbocycles. The van der Waals surface area contributed by atoms with Crippen molar-refractivity contribution in [2.75, 3.05) is 11.5 Å². The minimum absolute atomic E-state index is 0.612. The summed E-state index contributed by atoms with van der Waals surface area (Å²) in [7, 11) is 0. The molecule has 0 fully saturated rings. The summed E-state index contributed by atoms with van der Waals surface area (Å²) in [5.41, 5.74) is 17.9. The molecule has 3 nitrogen and oxygen atoms in total. The van der Waals surface area contributed by atoms with Crippen molar-refractivity contribution in [1.82, 2.24) is 0 Å². The minimum Gasteiger partial charge on any atom is -0.398 e. The zero-order chi connectivity index (χ0) is 12.7. The number of anilines is 2. The standard InChI is InChI=1S/C15H11N3/c16-8-9-6-10-4-5-14(17)11-2-1-3-12(11)15(18)13(10)7-9/h1-7H,17-18H2. The highest BCUT2D eigenvalue weighted by molar-refractivity contribution is 5.94. The lowest BCUT2D eigenvalue weighted by Gasteiger charge is -2.08. The summed E-state index contributed by atoms with van der Waals surface area (Å²) < 4.78 is 0. The fourth-order valence-electron chi connectivity index (χ4n) is 2.28. The molecule has 0 aliphatic heterocycles. The number of nitrogen functional groups attached to an aromatic ring is 2. The van der Waals surface area contributed by atoms with Gasteiger partial charge in [-0.15, -0.1) is 0 Å². The van der Waals surface area contributed by atoms with E-state index in [2.05, 4.69) is 6.07 Å². The average Bonchev–Trinajstić information content (AvgIpc) is 3.00. The van der Waals surface area contributed by atoms with Crippen molar-refractivity contribution < 1.29 is 0 Å². The highest BCUT2D eigenvalue weighted by atomic mass is 14.6. The Balaban J connectivity index is 2.45. The van der Waals surface area contributed by atoms with Gasteiger partial charge in [-0.2, -0.15) is 5.26 Å². The van der Waals surface area contributed by atoms with Crippen molar-refractivity contribution >= 4 is 11.4 Å². The Bertz CT molecular complexity index is 725. The number of rotatable bonds is 0. The first-order valence-electron chi connectivity index (χ1n) is 5.61. The Morgan fingerprint density at radius 3 is 2.44 bits per heavy atom. The maximum Gasteiger partial charge on any atom is 0.0992 e. The number of fused-ring (bicyclic) bond motifs is 2. The molecular formula is C15H11N3. The van der Waals surface area contributed by atoms with E-state index in [1.165, 1.54) is 0 Å². The quantitative estimate of drug-likeness (QED) is 0.626. The topological polar surface area (TPSA) is 75.8 Å². The second-order valence-corrected chi connectivity index (χ2v) is 4.28. The van der Waals surface area contributed by atoms with E-state index in [0.717, 1.165) is 22.3 Å². The van der Waals surface area contributed by atoms with E-state index >= 15 is 0 Å². The van der Waals surface area contributed by atoms with Gasteiger partial charge in [0.2, 0.25) is 0 Å². The molecule has 4 N–H and O–H groups in total. The summed E-state index contributed by atoms with van der Waals surface area (Å²) in [6.45, 7) is 0. The Hall–Kier alpha value is -2.73. The number of nitrogens with zero attached hydrogens (tertiary/aromatic N) is 1. The maximum atomic E-state index is 8.97. The van der Waals surface area contributed by atoms with Crippen LogP contribution in [0, 0.1) is 11.3 Å². The van der Waals surface area contributed by atoms with Gasteiger partial charge in [-0.25, -0.2) is 0 Å². The summed E-state index contributed by atoms with van der Waals surface area (Å²) in [4.78, 5) is 0. The molecule has 0 spiro atoms. The molecule has 0 heterocycles. The highest BCUT2D eigenvalue weighted by Gasteiger charge is 2.14. The van der Waals surface area contributed by atoms with Crippen LogP contribution in [-0.4, -0.2) is 0 Å². The van der Waals surface area contributed by atoms with Gasteiger partial charge in [0.1, 0.15) is 0 Å². The van der Waals surface area contributed by atoms with Crippen molar-refractivity contribution in [3.8, 4) is 28.3 Å². The smallest absolute Gasteiger partial charge is 0.0992 e. The molecule has 3 heteroatoms. The van der Waals surface area contributed by atoms with Crippen LogP contribution in [0.3, 0.4) is 0 Å². The molecule has 0 aromatic rings. The highest BCUT2D eigenvalue weighted by Crippen LogP contribution is 2.39. The van der Waals surface area contributed by atoms with E-state index in [0.29, 0.717) is 16.9 Å². The lowest BCUT2D eigenvalue weighted by Crippen LogP contribution is -1.93. The van der Waals surface area contributed by atoms with E-state index in [9.17, 15) is 0 Å². The normalized spacial score (nSPS) is 10.6. The fourth-order valence-corrected chi connectivity index (χ4v) is 2.28. The number of nitrogens with two attached hydrogens (primary N) is 2. The van der Waals surface area contributed by atoms with Crippen LogP contribution in [0.5, 0.6) is 0 Å². The van der Waals surface area contributed by atoms with E-state index in [-0.39, 0.29) is 0 Å². The molecule has 3 rings (SSSR count). The van der Waals surface area contributed by atoms with Gasteiger partial charge in [0, 0.05) is 28.1 Å². The molecular weight excluding hydrogens is 222 g/mol. The van der Waals surface area contributed by atoms with Crippen molar-refractivity contribution in [2.24, 2.45) is 0 Å². The lowest BCUT2D eigenvalue weighted by molar-refractivity contribution is 1.51. The Morgan fingerprint density at radius 1 is 0.889 bits per heavy atom. The fraction of sp³-hybridized carbons (Fsp3) is 0. The van der Waals surface area contributed by atoms with Gasteiger partial charge in [0.05, 0.1) is 11.6 Å². The van der Waals surface area contributed by atoms with Gasteiger partial charge in [-0.3, -0.25) is 0 Å². The van der Waals surface area contributed by atoms with Gasteiger partial charge in [-0.1, -0.05) is 24.3 Å². The van der Waals surface area contributed by atoms with E-state index in [1.807, 2.05) is 42.5 Å². The van der Waals surface area contributed by atoms with Crippen LogP contribution in [0.1, 0.15) is 5.56 Å². The predicted octanol–water partition coefficient (Wildman–Crippen LogP) is 2.93. The number of hydrogen-bond acceptors (Lipinski definition) is 3.